The zero-order chi connectivity index (χ0) is 7.98. The molecule has 0 aromatic heterocycles. The van der Waals surface area contributed by atoms with Crippen LogP contribution in [0.3, 0.4) is 0 Å². The summed E-state index contributed by atoms with van der Waals surface area (Å²) in [6.07, 6.45) is 0.00370. The summed E-state index contributed by atoms with van der Waals surface area (Å²) < 4.78 is 5.00. The van der Waals surface area contributed by atoms with Crippen molar-refractivity contribution in [2.24, 2.45) is 5.73 Å². The Morgan fingerprint density at radius 3 is 2.80 bits per heavy atom. The molecular weight excluding hydrogens is 134 g/mol. The molecule has 0 saturated carbocycles. The summed E-state index contributed by atoms with van der Waals surface area (Å²) in [5, 5.41) is 8.19. The highest BCUT2D eigenvalue weighted by Crippen LogP contribution is 1.89. The summed E-state index contributed by atoms with van der Waals surface area (Å²) >= 11 is 0. The van der Waals surface area contributed by atoms with Crippen LogP contribution in [0.5, 0.6) is 0 Å². The molecule has 0 fully saturated rings. The van der Waals surface area contributed by atoms with Gasteiger partial charge in [0.1, 0.15) is 0 Å². The molecular formula is C6H13NO3. The van der Waals surface area contributed by atoms with E-state index in [2.05, 4.69) is 0 Å². The molecule has 0 aliphatic carbocycles. The molecule has 0 aromatic carbocycles. The fourth-order valence-electron chi connectivity index (χ4n) is 0.415. The quantitative estimate of drug-likeness (QED) is 0.566. The van der Waals surface area contributed by atoms with E-state index in [9.17, 15) is 4.79 Å². The molecule has 0 spiro atoms. The Labute approximate surface area is 60.0 Å². The van der Waals surface area contributed by atoms with Crippen molar-refractivity contribution in [3.05, 3.63) is 0 Å². The second-order valence-corrected chi connectivity index (χ2v) is 2.06. The van der Waals surface area contributed by atoms with Crippen molar-refractivity contribution in [3.63, 3.8) is 0 Å². The minimum atomic E-state index is -0.843. The standard InChI is InChI=1S/C6H13NO3/c1-5(4-7)10-3-2-6(8)9/h5H,2-4,7H2,1H3,(H,8,9). The van der Waals surface area contributed by atoms with Gasteiger partial charge in [-0.25, -0.2) is 0 Å². The van der Waals surface area contributed by atoms with Crippen LogP contribution in [0.15, 0.2) is 0 Å². The maximum absolute atomic E-state index is 9.96. The zero-order valence-electron chi connectivity index (χ0n) is 6.04. The zero-order valence-corrected chi connectivity index (χ0v) is 6.04. The molecule has 0 aromatic rings. The normalized spacial score (nSPS) is 13.0. The highest BCUT2D eigenvalue weighted by molar-refractivity contribution is 5.66. The van der Waals surface area contributed by atoms with Crippen molar-refractivity contribution >= 4 is 5.97 Å². The van der Waals surface area contributed by atoms with E-state index in [0.717, 1.165) is 0 Å². The molecule has 0 aliphatic rings. The van der Waals surface area contributed by atoms with Gasteiger partial charge in [-0.1, -0.05) is 0 Å². The third kappa shape index (κ3) is 5.53. The molecule has 0 amide bonds. The van der Waals surface area contributed by atoms with Crippen LogP contribution in [-0.2, 0) is 9.53 Å². The van der Waals surface area contributed by atoms with Crippen LogP contribution in [0, 0.1) is 0 Å². The minimum absolute atomic E-state index is 0.0423. The van der Waals surface area contributed by atoms with Gasteiger partial charge in [-0.05, 0) is 6.92 Å². The van der Waals surface area contributed by atoms with Crippen molar-refractivity contribution in [1.82, 2.24) is 0 Å². The number of aliphatic carboxylic acids is 1. The summed E-state index contributed by atoms with van der Waals surface area (Å²) in [6.45, 7) is 2.48. The molecule has 0 rings (SSSR count). The number of rotatable bonds is 5. The molecule has 4 nitrogen and oxygen atoms in total. The van der Waals surface area contributed by atoms with E-state index in [1.54, 1.807) is 0 Å². The second kappa shape index (κ2) is 5.20. The fraction of sp³-hybridized carbons (Fsp3) is 0.833. The highest BCUT2D eigenvalue weighted by Gasteiger charge is 2.00. The number of hydrogen-bond acceptors (Lipinski definition) is 3. The first kappa shape index (κ1) is 9.39. The van der Waals surface area contributed by atoms with Crippen LogP contribution in [0.1, 0.15) is 13.3 Å². The Kier molecular flexibility index (Phi) is 4.88. The van der Waals surface area contributed by atoms with Crippen molar-refractivity contribution in [2.45, 2.75) is 19.4 Å². The van der Waals surface area contributed by atoms with Crippen molar-refractivity contribution < 1.29 is 14.6 Å². The first-order valence-corrected chi connectivity index (χ1v) is 3.20. The van der Waals surface area contributed by atoms with Crippen LogP contribution in [-0.4, -0.2) is 30.3 Å². The van der Waals surface area contributed by atoms with Gasteiger partial charge in [0.15, 0.2) is 0 Å². The predicted molar refractivity (Wildman–Crippen MR) is 36.7 cm³/mol. The number of carboxylic acid groups (broad SMARTS) is 1. The number of ether oxygens (including phenoxy) is 1. The van der Waals surface area contributed by atoms with E-state index < -0.39 is 5.97 Å². The Hall–Kier alpha value is -0.610. The van der Waals surface area contributed by atoms with Crippen LogP contribution >= 0.6 is 0 Å². The van der Waals surface area contributed by atoms with Gasteiger partial charge in [0.05, 0.1) is 19.1 Å². The molecule has 0 bridgehead atoms. The van der Waals surface area contributed by atoms with Crippen molar-refractivity contribution in [2.75, 3.05) is 13.2 Å². The van der Waals surface area contributed by atoms with Crippen molar-refractivity contribution in [1.29, 1.82) is 0 Å². The van der Waals surface area contributed by atoms with E-state index in [-0.39, 0.29) is 19.1 Å². The Morgan fingerprint density at radius 1 is 1.80 bits per heavy atom. The van der Waals surface area contributed by atoms with E-state index in [1.165, 1.54) is 0 Å². The van der Waals surface area contributed by atoms with E-state index >= 15 is 0 Å². The number of hydrogen-bond donors (Lipinski definition) is 2. The lowest BCUT2D eigenvalue weighted by Crippen LogP contribution is -2.21. The monoisotopic (exact) mass is 147 g/mol. The maximum atomic E-state index is 9.96. The first-order valence-electron chi connectivity index (χ1n) is 3.20. The molecule has 0 aliphatic heterocycles. The molecule has 0 saturated heterocycles. The van der Waals surface area contributed by atoms with E-state index in [0.29, 0.717) is 6.54 Å². The summed E-state index contributed by atoms with van der Waals surface area (Å²) in [5.41, 5.74) is 5.22. The third-order valence-corrected chi connectivity index (χ3v) is 1.05. The summed E-state index contributed by atoms with van der Waals surface area (Å²) in [6, 6.07) is 0. The molecule has 1 unspecified atom stereocenters. The Balaban J connectivity index is 3.11. The lowest BCUT2D eigenvalue weighted by atomic mass is 10.4. The average Bonchev–Trinajstić information content (AvgIpc) is 1.87. The van der Waals surface area contributed by atoms with E-state index in [1.807, 2.05) is 6.92 Å². The van der Waals surface area contributed by atoms with Crippen molar-refractivity contribution in [3.8, 4) is 0 Å². The Bertz CT molecular complexity index is 105. The van der Waals surface area contributed by atoms with Gasteiger partial charge >= 0.3 is 5.97 Å². The smallest absolute Gasteiger partial charge is 0.305 e. The largest absolute Gasteiger partial charge is 0.481 e. The van der Waals surface area contributed by atoms with Crippen LogP contribution in [0.2, 0.25) is 0 Å². The predicted octanol–water partition coefficient (Wildman–Crippen LogP) is -0.175. The maximum Gasteiger partial charge on any atom is 0.305 e. The summed E-state index contributed by atoms with van der Waals surface area (Å²) in [7, 11) is 0. The van der Waals surface area contributed by atoms with Gasteiger partial charge in [-0.15, -0.1) is 0 Å². The van der Waals surface area contributed by atoms with Crippen LogP contribution < -0.4 is 5.73 Å². The average molecular weight is 147 g/mol. The molecule has 10 heavy (non-hydrogen) atoms. The first-order chi connectivity index (χ1) is 4.66. The number of carboxylic acids is 1. The molecule has 0 heterocycles. The third-order valence-electron chi connectivity index (χ3n) is 1.05. The fourth-order valence-corrected chi connectivity index (χ4v) is 0.415. The van der Waals surface area contributed by atoms with Gasteiger partial charge in [0, 0.05) is 6.54 Å². The topological polar surface area (TPSA) is 72.5 Å². The molecule has 4 heteroatoms. The second-order valence-electron chi connectivity index (χ2n) is 2.06. The van der Waals surface area contributed by atoms with E-state index in [4.69, 9.17) is 15.6 Å². The molecule has 1 atom stereocenters. The highest BCUT2D eigenvalue weighted by atomic mass is 16.5. The SMILES string of the molecule is CC(CN)OCCC(=O)O. The molecule has 3 N–H and O–H groups in total. The molecule has 60 valence electrons. The summed E-state index contributed by atoms with van der Waals surface area (Å²) in [4.78, 5) is 9.96. The van der Waals surface area contributed by atoms with Gasteiger partial charge < -0.3 is 15.6 Å². The van der Waals surface area contributed by atoms with Gasteiger partial charge in [0.2, 0.25) is 0 Å². The molecule has 0 radical (unpaired) electrons. The van der Waals surface area contributed by atoms with Crippen LogP contribution in [0.25, 0.3) is 0 Å². The minimum Gasteiger partial charge on any atom is -0.481 e. The number of nitrogens with two attached hydrogens (primary N) is 1. The lowest BCUT2D eigenvalue weighted by molar-refractivity contribution is -0.138. The summed E-state index contributed by atoms with van der Waals surface area (Å²) in [5.74, 6) is -0.843. The van der Waals surface area contributed by atoms with Gasteiger partial charge in [-0.2, -0.15) is 0 Å². The lowest BCUT2D eigenvalue weighted by Gasteiger charge is -2.07. The van der Waals surface area contributed by atoms with Gasteiger partial charge in [0.25, 0.3) is 0 Å². The van der Waals surface area contributed by atoms with Crippen LogP contribution in [0.4, 0.5) is 0 Å². The van der Waals surface area contributed by atoms with Gasteiger partial charge in [-0.3, -0.25) is 4.79 Å². The number of carbonyl (C=O) groups is 1. The Morgan fingerprint density at radius 2 is 2.40 bits per heavy atom.